The summed E-state index contributed by atoms with van der Waals surface area (Å²) in [5, 5.41) is 8.05. The Morgan fingerprint density at radius 1 is 0.412 bits per heavy atom. The standard InChI is InChI=1S/C48H36N2Si/c1-4-17-35(18-5-1)49-47-30-15-12-27-43(47)44-34-40(31-32-48(44)49)51(37-20-6-2-7-21-37,38-22-8-3-9-23-38)39-24-16-19-36(33-39)50-45-28-13-10-25-41(45)42-26-11-14-29-46(42)50/h1-34,41,45H. The van der Waals surface area contributed by atoms with Crippen LogP contribution in [-0.2, 0) is 0 Å². The van der Waals surface area contributed by atoms with Crippen LogP contribution in [-0.4, -0.2) is 18.7 Å². The third-order valence-corrected chi connectivity index (χ3v) is 15.8. The fourth-order valence-electron chi connectivity index (χ4n) is 8.92. The van der Waals surface area contributed by atoms with E-state index in [4.69, 9.17) is 0 Å². The molecule has 0 spiro atoms. The Labute approximate surface area is 299 Å². The summed E-state index contributed by atoms with van der Waals surface area (Å²) in [5.74, 6) is 0.337. The van der Waals surface area contributed by atoms with E-state index in [0.717, 1.165) is 0 Å². The highest BCUT2D eigenvalue weighted by Gasteiger charge is 2.43. The van der Waals surface area contributed by atoms with Crippen molar-refractivity contribution < 1.29 is 0 Å². The van der Waals surface area contributed by atoms with E-state index in [1.165, 1.54) is 65.2 Å². The molecule has 1 aromatic heterocycles. The van der Waals surface area contributed by atoms with Crippen LogP contribution in [0.3, 0.4) is 0 Å². The molecule has 0 saturated heterocycles. The van der Waals surface area contributed by atoms with E-state index in [1.54, 1.807) is 0 Å². The topological polar surface area (TPSA) is 8.17 Å². The maximum Gasteiger partial charge on any atom is 0.179 e. The molecule has 2 heterocycles. The van der Waals surface area contributed by atoms with Gasteiger partial charge in [-0.15, -0.1) is 0 Å². The molecule has 2 unspecified atom stereocenters. The number of anilines is 2. The number of hydrogen-bond acceptors (Lipinski definition) is 1. The maximum absolute atomic E-state index is 2.86. The number of allylic oxidation sites excluding steroid dienone is 2. The Morgan fingerprint density at radius 3 is 1.78 bits per heavy atom. The molecule has 1 aliphatic carbocycles. The molecule has 0 bridgehead atoms. The Morgan fingerprint density at radius 2 is 1.00 bits per heavy atom. The van der Waals surface area contributed by atoms with Crippen LogP contribution in [0.1, 0.15) is 11.5 Å². The number of hydrogen-bond donors (Lipinski definition) is 0. The van der Waals surface area contributed by atoms with Crippen LogP contribution in [0.25, 0.3) is 27.5 Å². The van der Waals surface area contributed by atoms with E-state index in [-0.39, 0.29) is 6.04 Å². The maximum atomic E-state index is 2.56. The molecule has 10 rings (SSSR count). The fraction of sp³-hybridized carbons (Fsp3) is 0.0417. The minimum Gasteiger partial charge on any atom is -0.333 e. The van der Waals surface area contributed by atoms with E-state index < -0.39 is 8.07 Å². The fourth-order valence-corrected chi connectivity index (χ4v) is 13.7. The largest absolute Gasteiger partial charge is 0.333 e. The Hall–Kier alpha value is -6.16. The van der Waals surface area contributed by atoms with E-state index in [0.29, 0.717) is 5.92 Å². The molecule has 7 aromatic carbocycles. The first-order valence-corrected chi connectivity index (χ1v) is 19.9. The van der Waals surface area contributed by atoms with Crippen LogP contribution >= 0.6 is 0 Å². The summed E-state index contributed by atoms with van der Waals surface area (Å²) in [5.41, 5.74) is 7.54. The van der Waals surface area contributed by atoms with Crippen LogP contribution in [0.2, 0.25) is 0 Å². The molecule has 2 aliphatic rings. The third-order valence-electron chi connectivity index (χ3n) is 11.1. The van der Waals surface area contributed by atoms with Gasteiger partial charge in [-0.2, -0.15) is 0 Å². The minimum atomic E-state index is -2.86. The summed E-state index contributed by atoms with van der Waals surface area (Å²) in [6.07, 6.45) is 9.14. The zero-order valence-corrected chi connectivity index (χ0v) is 29.2. The lowest BCUT2D eigenvalue weighted by Gasteiger charge is -2.36. The van der Waals surface area contributed by atoms with E-state index in [2.05, 4.69) is 216 Å². The van der Waals surface area contributed by atoms with Gasteiger partial charge in [0, 0.05) is 33.8 Å². The number of aromatic nitrogens is 1. The predicted molar refractivity (Wildman–Crippen MR) is 218 cm³/mol. The molecule has 0 N–H and O–H groups in total. The molecular formula is C48H36N2Si. The highest BCUT2D eigenvalue weighted by molar-refractivity contribution is 7.20. The predicted octanol–water partition coefficient (Wildman–Crippen LogP) is 8.89. The quantitative estimate of drug-likeness (QED) is 0.127. The molecule has 0 fully saturated rings. The van der Waals surface area contributed by atoms with Gasteiger partial charge >= 0.3 is 0 Å². The van der Waals surface area contributed by atoms with E-state index in [1.807, 2.05) is 0 Å². The van der Waals surface area contributed by atoms with Crippen LogP contribution in [0.15, 0.2) is 206 Å². The van der Waals surface area contributed by atoms with Gasteiger partial charge < -0.3 is 9.47 Å². The van der Waals surface area contributed by atoms with Crippen LogP contribution in [0.4, 0.5) is 11.4 Å². The highest BCUT2D eigenvalue weighted by atomic mass is 28.3. The van der Waals surface area contributed by atoms with Gasteiger partial charge in [-0.25, -0.2) is 0 Å². The summed E-state index contributed by atoms with van der Waals surface area (Å²) in [6, 6.07) is 68.2. The summed E-state index contributed by atoms with van der Waals surface area (Å²) in [4.78, 5) is 2.56. The third kappa shape index (κ3) is 4.55. The van der Waals surface area contributed by atoms with Crippen molar-refractivity contribution in [3.05, 3.63) is 212 Å². The van der Waals surface area contributed by atoms with Gasteiger partial charge in [-0.05, 0) is 68.8 Å². The van der Waals surface area contributed by atoms with Crippen molar-refractivity contribution in [1.29, 1.82) is 0 Å². The van der Waals surface area contributed by atoms with Crippen LogP contribution in [0, 0.1) is 0 Å². The second-order valence-corrected chi connectivity index (χ2v) is 17.5. The first-order chi connectivity index (χ1) is 25.3. The van der Waals surface area contributed by atoms with Gasteiger partial charge in [0.15, 0.2) is 8.07 Å². The molecular weight excluding hydrogens is 633 g/mol. The normalized spacial score (nSPS) is 16.4. The first-order valence-electron chi connectivity index (χ1n) is 17.9. The molecule has 0 amide bonds. The average Bonchev–Trinajstić information content (AvgIpc) is 3.72. The molecule has 51 heavy (non-hydrogen) atoms. The second kappa shape index (κ2) is 12.0. The summed E-state index contributed by atoms with van der Waals surface area (Å²) in [6.45, 7) is 0. The van der Waals surface area contributed by atoms with Gasteiger partial charge in [-0.3, -0.25) is 0 Å². The molecule has 0 saturated carbocycles. The Bertz CT molecular complexity index is 2560. The molecule has 0 radical (unpaired) electrons. The zero-order chi connectivity index (χ0) is 33.8. The SMILES string of the molecule is C1=CC2c3ccccc3N(c3cccc([Si](c4ccccc4)(c4ccccc4)c4ccc5c(c4)c4ccccc4n5-c4ccccc4)c3)C2C=C1. The highest BCUT2D eigenvalue weighted by Crippen LogP contribution is 2.47. The van der Waals surface area contributed by atoms with E-state index >= 15 is 0 Å². The molecule has 2 atom stereocenters. The van der Waals surface area contributed by atoms with Gasteiger partial charge in [0.25, 0.3) is 0 Å². The van der Waals surface area contributed by atoms with Crippen molar-refractivity contribution in [2.45, 2.75) is 12.0 Å². The Kier molecular flexibility index (Phi) is 7.00. The van der Waals surface area contributed by atoms with Gasteiger partial charge in [-0.1, -0.05) is 164 Å². The lowest BCUT2D eigenvalue weighted by Crippen LogP contribution is -2.74. The molecule has 3 heteroatoms. The van der Waals surface area contributed by atoms with Gasteiger partial charge in [0.2, 0.25) is 0 Å². The van der Waals surface area contributed by atoms with Gasteiger partial charge in [0.1, 0.15) is 0 Å². The van der Waals surface area contributed by atoms with Crippen molar-refractivity contribution in [3.63, 3.8) is 0 Å². The van der Waals surface area contributed by atoms with Crippen molar-refractivity contribution >= 4 is 62.0 Å². The first kappa shape index (κ1) is 29.7. The lowest BCUT2D eigenvalue weighted by molar-refractivity contribution is 0.745. The lowest BCUT2D eigenvalue weighted by atomic mass is 9.91. The number of rotatable bonds is 6. The van der Waals surface area contributed by atoms with Crippen LogP contribution in [0.5, 0.6) is 0 Å². The molecule has 2 nitrogen and oxygen atoms in total. The Balaban J connectivity index is 1.26. The van der Waals surface area contributed by atoms with Crippen molar-refractivity contribution in [2.24, 2.45) is 0 Å². The smallest absolute Gasteiger partial charge is 0.179 e. The van der Waals surface area contributed by atoms with Crippen molar-refractivity contribution in [1.82, 2.24) is 4.57 Å². The number of nitrogens with zero attached hydrogens (tertiary/aromatic N) is 2. The number of fused-ring (bicyclic) bond motifs is 6. The van der Waals surface area contributed by atoms with Crippen molar-refractivity contribution in [2.75, 3.05) is 4.90 Å². The molecule has 1 aliphatic heterocycles. The summed E-state index contributed by atoms with van der Waals surface area (Å²) < 4.78 is 2.41. The average molecular weight is 669 g/mol. The van der Waals surface area contributed by atoms with Gasteiger partial charge in [0.05, 0.1) is 17.1 Å². The monoisotopic (exact) mass is 668 g/mol. The molecule has 8 aromatic rings. The zero-order valence-electron chi connectivity index (χ0n) is 28.2. The molecule has 242 valence electrons. The van der Waals surface area contributed by atoms with E-state index in [9.17, 15) is 0 Å². The second-order valence-electron chi connectivity index (χ2n) is 13.7. The van der Waals surface area contributed by atoms with Crippen LogP contribution < -0.4 is 25.6 Å². The minimum absolute atomic E-state index is 0.243. The number of para-hydroxylation sites is 3. The van der Waals surface area contributed by atoms with Crippen molar-refractivity contribution in [3.8, 4) is 5.69 Å². The summed E-state index contributed by atoms with van der Waals surface area (Å²) >= 11 is 0. The summed E-state index contributed by atoms with van der Waals surface area (Å²) in [7, 11) is -2.86. The number of benzene rings is 7.